The molecule has 20 heavy (non-hydrogen) atoms. The topological polar surface area (TPSA) is 32.3 Å². The fourth-order valence-electron chi connectivity index (χ4n) is 2.25. The van der Waals surface area contributed by atoms with Crippen LogP contribution < -0.4 is 5.32 Å². The van der Waals surface area contributed by atoms with Crippen LogP contribution in [0.4, 0.5) is 0 Å². The molecule has 0 amide bonds. The summed E-state index contributed by atoms with van der Waals surface area (Å²) in [5, 5.41) is 13.3. The Bertz CT molecular complexity index is 523. The Morgan fingerprint density at radius 3 is 2.40 bits per heavy atom. The third kappa shape index (κ3) is 3.92. The van der Waals surface area contributed by atoms with Gasteiger partial charge in [0.25, 0.3) is 0 Å². The van der Waals surface area contributed by atoms with E-state index in [-0.39, 0.29) is 20.7 Å². The number of rotatable bonds is 5. The Morgan fingerprint density at radius 1 is 1.40 bits per heavy atom. The minimum Gasteiger partial charge on any atom is -0.386 e. The van der Waals surface area contributed by atoms with Crippen molar-refractivity contribution in [2.75, 3.05) is 0 Å². The molecule has 1 atom stereocenters. The van der Waals surface area contributed by atoms with Crippen LogP contribution in [-0.2, 0) is 5.60 Å². The third-order valence-electron chi connectivity index (χ3n) is 3.91. The maximum atomic E-state index is 9.92. The predicted molar refractivity (Wildman–Crippen MR) is 94.6 cm³/mol. The highest BCUT2D eigenvalue weighted by molar-refractivity contribution is 14.2. The Labute approximate surface area is 132 Å². The van der Waals surface area contributed by atoms with Crippen LogP contribution in [0.15, 0.2) is 36.5 Å². The van der Waals surface area contributed by atoms with Gasteiger partial charge in [-0.1, -0.05) is 53.3 Å². The summed E-state index contributed by atoms with van der Waals surface area (Å²) in [6.07, 6.45) is 1.24. The number of aliphatic hydroxyl groups is 1. The fourth-order valence-corrected chi connectivity index (χ4v) is 3.94. The Kier molecular flexibility index (Phi) is 4.40. The molecule has 0 spiro atoms. The third-order valence-corrected chi connectivity index (χ3v) is 5.97. The zero-order chi connectivity index (χ0) is 15.0. The lowest BCUT2D eigenvalue weighted by Gasteiger charge is -2.17. The molecule has 1 aromatic rings. The average Bonchev–Trinajstić information content (AvgIpc) is 2.98. The fraction of sp³-hybridized carbons (Fsp3) is 0.471. The van der Waals surface area contributed by atoms with Gasteiger partial charge >= 0.3 is 0 Å². The molecule has 110 valence electrons. The van der Waals surface area contributed by atoms with Gasteiger partial charge in [0.15, 0.2) is 0 Å². The van der Waals surface area contributed by atoms with Gasteiger partial charge in [0.1, 0.15) is 0 Å². The van der Waals surface area contributed by atoms with E-state index in [0.29, 0.717) is 11.3 Å². The molecule has 0 bridgehead atoms. The summed E-state index contributed by atoms with van der Waals surface area (Å²) in [4.78, 5) is 0. The van der Waals surface area contributed by atoms with Crippen LogP contribution in [0.2, 0.25) is 0 Å². The minimum atomic E-state index is -0.759. The number of hydrogen-bond acceptors (Lipinski definition) is 2. The molecule has 2 nitrogen and oxygen atoms in total. The molecule has 1 aliphatic rings. The molecule has 3 heteroatoms. The maximum Gasteiger partial charge on any atom is 0.0840 e. The Hall–Kier alpha value is -0.680. The van der Waals surface area contributed by atoms with E-state index in [4.69, 9.17) is 0 Å². The second-order valence-electron chi connectivity index (χ2n) is 6.70. The van der Waals surface area contributed by atoms with Crippen molar-refractivity contribution in [2.45, 2.75) is 39.7 Å². The standard InChI is InChI=1S/C17H24INO/c1-12(15-10-16(15,2)3)19-11-18-14-8-6-13(7-9-14)17(4,5)20/h6-9,11,15,19-20H,1,10H2,2-5H3. The second kappa shape index (κ2) is 5.60. The Balaban J connectivity index is 1.90. The summed E-state index contributed by atoms with van der Waals surface area (Å²) in [5.41, 5.74) is 1.79. The van der Waals surface area contributed by atoms with Crippen molar-refractivity contribution in [3.05, 3.63) is 45.7 Å². The van der Waals surface area contributed by atoms with Gasteiger partial charge in [-0.05, 0) is 43.4 Å². The van der Waals surface area contributed by atoms with E-state index in [0.717, 1.165) is 11.3 Å². The molecule has 2 N–H and O–H groups in total. The van der Waals surface area contributed by atoms with Crippen LogP contribution in [0.1, 0.15) is 39.7 Å². The number of nitrogens with one attached hydrogen (secondary N) is 1. The van der Waals surface area contributed by atoms with Gasteiger partial charge in [-0.25, -0.2) is 0 Å². The molecule has 0 heterocycles. The van der Waals surface area contributed by atoms with Crippen molar-refractivity contribution >= 4 is 24.9 Å². The molecule has 1 fully saturated rings. The van der Waals surface area contributed by atoms with Crippen LogP contribution in [0.5, 0.6) is 0 Å². The van der Waals surface area contributed by atoms with Crippen LogP contribution >= 0.6 is 20.7 Å². The van der Waals surface area contributed by atoms with Crippen LogP contribution in [-0.4, -0.2) is 9.24 Å². The zero-order valence-electron chi connectivity index (χ0n) is 12.7. The van der Waals surface area contributed by atoms with E-state index in [2.05, 4.69) is 42.0 Å². The van der Waals surface area contributed by atoms with E-state index in [1.54, 1.807) is 0 Å². The molecule has 1 aliphatic carbocycles. The molecule has 0 saturated heterocycles. The quantitative estimate of drug-likeness (QED) is 0.752. The highest BCUT2D eigenvalue weighted by Gasteiger charge is 2.47. The number of halogens is 1. The van der Waals surface area contributed by atoms with Gasteiger partial charge in [0.05, 0.1) is 5.60 Å². The van der Waals surface area contributed by atoms with Crippen molar-refractivity contribution in [1.29, 1.82) is 0 Å². The van der Waals surface area contributed by atoms with Crippen molar-refractivity contribution in [3.63, 3.8) is 0 Å². The minimum absolute atomic E-state index is 0.164. The molecule has 1 saturated carbocycles. The van der Waals surface area contributed by atoms with E-state index < -0.39 is 5.60 Å². The molecule has 2 rings (SSSR count). The highest BCUT2D eigenvalue weighted by Crippen LogP contribution is 2.54. The smallest absolute Gasteiger partial charge is 0.0840 e. The second-order valence-corrected chi connectivity index (χ2v) is 9.19. The summed E-state index contributed by atoms with van der Waals surface area (Å²) in [7, 11) is 0. The first-order chi connectivity index (χ1) is 9.20. The number of allylic oxidation sites excluding steroid dienone is 1. The first kappa shape index (κ1) is 15.7. The van der Waals surface area contributed by atoms with Crippen LogP contribution in [0.3, 0.4) is 0 Å². The average molecular weight is 385 g/mol. The van der Waals surface area contributed by atoms with Gasteiger partial charge in [-0.2, -0.15) is 0 Å². The summed E-state index contributed by atoms with van der Waals surface area (Å²) < 4.78 is 3.52. The number of hydrogen-bond donors (Lipinski definition) is 2. The van der Waals surface area contributed by atoms with Gasteiger partial charge in [-0.15, -0.1) is 0 Å². The summed E-state index contributed by atoms with van der Waals surface area (Å²) in [6.45, 7) is 12.3. The molecule has 0 radical (unpaired) electrons. The van der Waals surface area contributed by atoms with E-state index in [1.807, 2.05) is 26.0 Å². The maximum absolute atomic E-state index is 9.92. The van der Waals surface area contributed by atoms with Gasteiger partial charge in [0, 0.05) is 19.3 Å². The van der Waals surface area contributed by atoms with Crippen molar-refractivity contribution in [1.82, 2.24) is 5.32 Å². The lowest BCUT2D eigenvalue weighted by atomic mass is 9.99. The van der Waals surface area contributed by atoms with Crippen molar-refractivity contribution < 1.29 is 5.11 Å². The van der Waals surface area contributed by atoms with Gasteiger partial charge < -0.3 is 10.4 Å². The summed E-state index contributed by atoms with van der Waals surface area (Å²) in [5.74, 6) is 0.625. The van der Waals surface area contributed by atoms with Gasteiger partial charge in [0.2, 0.25) is 0 Å². The molecular weight excluding hydrogens is 361 g/mol. The van der Waals surface area contributed by atoms with Crippen LogP contribution in [0.25, 0.3) is 0 Å². The highest BCUT2D eigenvalue weighted by atomic mass is 127. The molecule has 1 aromatic carbocycles. The molecular formula is C17H24INO. The van der Waals surface area contributed by atoms with Crippen molar-refractivity contribution in [3.8, 4) is 0 Å². The monoisotopic (exact) mass is 385 g/mol. The normalized spacial score (nSPS) is 21.4. The van der Waals surface area contributed by atoms with E-state index in [9.17, 15) is 5.11 Å². The lowest BCUT2D eigenvalue weighted by Crippen LogP contribution is -2.15. The molecule has 1 unspecified atom stereocenters. The summed E-state index contributed by atoms with van der Waals surface area (Å²) >= 11 is -0.164. The first-order valence-electron chi connectivity index (χ1n) is 6.93. The van der Waals surface area contributed by atoms with E-state index >= 15 is 0 Å². The number of benzene rings is 1. The molecule has 0 aromatic heterocycles. The van der Waals surface area contributed by atoms with Gasteiger partial charge in [-0.3, -0.25) is 0 Å². The van der Waals surface area contributed by atoms with Crippen molar-refractivity contribution in [2.24, 2.45) is 11.3 Å². The van der Waals surface area contributed by atoms with Crippen LogP contribution in [0, 0.1) is 14.9 Å². The Morgan fingerprint density at radius 2 is 1.95 bits per heavy atom. The first-order valence-corrected chi connectivity index (χ1v) is 9.26. The largest absolute Gasteiger partial charge is 0.386 e. The zero-order valence-corrected chi connectivity index (χ0v) is 14.9. The molecule has 0 aliphatic heterocycles. The lowest BCUT2D eigenvalue weighted by molar-refractivity contribution is 0.0786. The van der Waals surface area contributed by atoms with E-state index in [1.165, 1.54) is 9.99 Å². The summed E-state index contributed by atoms with van der Waals surface area (Å²) in [6, 6.07) is 8.26. The SMILES string of the molecule is C=C(NC=Ic1ccc(C(C)(C)O)cc1)C1CC1(C)C. The predicted octanol–water partition coefficient (Wildman–Crippen LogP) is 3.96.